The molecule has 10 aliphatic rings. The SMILES string of the molecule is C[C@@H]1[C@@H](CC(C[C@H]2O[C@@H]3O[C@]4(C)CC[C@@H]5[C@H](C)CC[C@@H]([C@H]2C)[C@@]35OO4)C[S+](=O)([O-])c2ccc(COC(=O)N(C)C)cc2)O[C@@H]2O[C@]3(C)CC[C@H]4[C@H](C)CC[C@@H]1[C@@]24OO3. The molecule has 58 heavy (non-hydrogen) atoms. The molecule has 8 heterocycles. The summed E-state index contributed by atoms with van der Waals surface area (Å²) in [5, 5.41) is 0. The van der Waals surface area contributed by atoms with E-state index in [1.54, 1.807) is 38.4 Å². The Balaban J connectivity index is 1.01. The molecule has 2 aliphatic carbocycles. The first kappa shape index (κ1) is 41.6. The molecular weight excluding hydrogens is 767 g/mol. The van der Waals surface area contributed by atoms with E-state index in [9.17, 15) is 13.6 Å². The molecule has 1 aromatic carbocycles. The highest BCUT2D eigenvalue weighted by Crippen LogP contribution is 2.63. The second-order valence-corrected chi connectivity index (χ2v) is 22.1. The Morgan fingerprint density at radius 3 is 1.71 bits per heavy atom. The third kappa shape index (κ3) is 6.82. The molecule has 18 atom stereocenters. The Bertz CT molecular complexity index is 1670. The van der Waals surface area contributed by atoms with Crippen molar-refractivity contribution in [3.05, 3.63) is 29.8 Å². The number of nitrogens with zero attached hydrogens (tertiary/aromatic N) is 1. The number of carbonyl (C=O) groups is 1. The van der Waals surface area contributed by atoms with E-state index in [1.807, 2.05) is 13.8 Å². The number of carbonyl (C=O) groups excluding carboxylic acids is 1. The van der Waals surface area contributed by atoms with Crippen molar-refractivity contribution in [3.8, 4) is 0 Å². The quantitative estimate of drug-likeness (QED) is 0.177. The molecule has 0 radical (unpaired) electrons. The van der Waals surface area contributed by atoms with Crippen molar-refractivity contribution in [3.63, 3.8) is 0 Å². The molecule has 14 heteroatoms. The standard InChI is InChI=1S/C44H65NO12S/c1-25-9-15-34-27(3)36(50-38-43(34)32(25)17-19-41(5,52-38)54-56-43)21-30(24-58(47,48)31-13-11-29(12-14-31)23-49-40(46)45(7)8)22-37-28(4)35-16-10-26(2)33-18-20-42(6)53-39(51-37)44(33,35)57-55-42/h11-14,25-28,30,32-39H,9-10,15-24H2,1-8H3/t25-,26-,27-,28+,30?,32-,33+,34+,35+,36-,37-,38-,39-,41+,42+,43-,44-/m1/s1. The zero-order chi connectivity index (χ0) is 41.0. The smallest absolute Gasteiger partial charge is 0.409 e. The van der Waals surface area contributed by atoms with Crippen LogP contribution < -0.4 is 0 Å². The monoisotopic (exact) mass is 831 g/mol. The highest BCUT2D eigenvalue weighted by molar-refractivity contribution is 7.97. The van der Waals surface area contributed by atoms with Crippen molar-refractivity contribution in [2.24, 2.45) is 53.3 Å². The zero-order valence-corrected chi connectivity index (χ0v) is 36.4. The average molecular weight is 832 g/mol. The fraction of sp³-hybridized carbons (Fsp3) is 0.841. The van der Waals surface area contributed by atoms with Gasteiger partial charge in [-0.05, 0) is 118 Å². The molecule has 1 aromatic rings. The van der Waals surface area contributed by atoms with E-state index in [0.29, 0.717) is 30.2 Å². The van der Waals surface area contributed by atoms with Crippen LogP contribution in [-0.2, 0) is 64.3 Å². The van der Waals surface area contributed by atoms with E-state index in [1.165, 1.54) is 4.90 Å². The predicted molar refractivity (Wildman–Crippen MR) is 209 cm³/mol. The first-order valence-corrected chi connectivity index (χ1v) is 23.7. The van der Waals surface area contributed by atoms with Crippen molar-refractivity contribution in [2.75, 3.05) is 19.8 Å². The molecule has 2 spiro atoms. The predicted octanol–water partition coefficient (Wildman–Crippen LogP) is 7.77. The number of fused-ring (bicyclic) bond motifs is 4. The van der Waals surface area contributed by atoms with Crippen molar-refractivity contribution in [1.29, 1.82) is 0 Å². The van der Waals surface area contributed by atoms with Crippen LogP contribution in [-0.4, -0.2) is 83.0 Å². The molecular formula is C44H65NO12S. The third-order valence-electron chi connectivity index (χ3n) is 16.2. The van der Waals surface area contributed by atoms with Gasteiger partial charge in [-0.2, -0.15) is 0 Å². The van der Waals surface area contributed by atoms with Gasteiger partial charge in [0.2, 0.25) is 11.6 Å². The molecule has 1 amide bonds. The molecule has 11 rings (SSSR count). The largest absolute Gasteiger partial charge is 0.610 e. The van der Waals surface area contributed by atoms with Crippen molar-refractivity contribution < 1.29 is 56.8 Å². The lowest BCUT2D eigenvalue weighted by molar-refractivity contribution is -0.571. The van der Waals surface area contributed by atoms with Crippen LogP contribution in [0.25, 0.3) is 0 Å². The van der Waals surface area contributed by atoms with Crippen LogP contribution in [0, 0.1) is 53.3 Å². The lowest BCUT2D eigenvalue weighted by Gasteiger charge is -2.61. The first-order chi connectivity index (χ1) is 27.5. The normalized spacial score (nSPS) is 48.1. The number of benzene rings is 1. The Labute approximate surface area is 344 Å². The van der Waals surface area contributed by atoms with Gasteiger partial charge in [0.25, 0.3) is 0 Å². The summed E-state index contributed by atoms with van der Waals surface area (Å²) in [6.07, 6.45) is 6.22. The van der Waals surface area contributed by atoms with E-state index in [-0.39, 0.29) is 70.9 Å². The maximum atomic E-state index is 14.5. The summed E-state index contributed by atoms with van der Waals surface area (Å²) in [6.45, 7) is 13.0. The van der Waals surface area contributed by atoms with Gasteiger partial charge in [-0.25, -0.2) is 24.3 Å². The molecule has 10 fully saturated rings. The number of amides is 1. The molecule has 324 valence electrons. The summed E-state index contributed by atoms with van der Waals surface area (Å²) in [7, 11) is -0.544. The Kier molecular flexibility index (Phi) is 10.7. The van der Waals surface area contributed by atoms with Crippen LogP contribution in [0.4, 0.5) is 4.79 Å². The van der Waals surface area contributed by atoms with Gasteiger partial charge in [-0.1, -0.05) is 39.8 Å². The summed E-state index contributed by atoms with van der Waals surface area (Å²) in [5.41, 5.74) is -0.698. The summed E-state index contributed by atoms with van der Waals surface area (Å²) in [4.78, 5) is 38.7. The number of hydrogen-bond donors (Lipinski definition) is 0. The van der Waals surface area contributed by atoms with Crippen LogP contribution in [0.15, 0.2) is 29.2 Å². The van der Waals surface area contributed by atoms with Crippen molar-refractivity contribution >= 4 is 16.3 Å². The lowest BCUT2D eigenvalue weighted by atomic mass is 9.56. The van der Waals surface area contributed by atoms with Gasteiger partial charge in [0.1, 0.15) is 12.4 Å². The molecule has 4 bridgehead atoms. The number of hydrogen-bond acceptors (Lipinski definition) is 12. The van der Waals surface area contributed by atoms with Crippen molar-refractivity contribution in [2.45, 2.75) is 165 Å². The average Bonchev–Trinajstić information content (AvgIpc) is 3.56. The maximum Gasteiger partial charge on any atom is 0.409 e. The van der Waals surface area contributed by atoms with Gasteiger partial charge in [0.05, 0.1) is 22.4 Å². The minimum Gasteiger partial charge on any atom is -0.610 e. The molecule has 0 aromatic heterocycles. The molecule has 8 saturated heterocycles. The summed E-state index contributed by atoms with van der Waals surface area (Å²) >= 11 is 0. The van der Waals surface area contributed by atoms with Gasteiger partial charge in [-0.3, -0.25) is 0 Å². The zero-order valence-electron chi connectivity index (χ0n) is 35.6. The highest BCUT2D eigenvalue weighted by atomic mass is 32.3. The second-order valence-electron chi connectivity index (χ2n) is 20.1. The summed E-state index contributed by atoms with van der Waals surface area (Å²) in [5.74, 6) is -0.463. The van der Waals surface area contributed by atoms with Gasteiger partial charge in [-0.15, -0.1) is 4.21 Å². The van der Waals surface area contributed by atoms with Crippen LogP contribution in [0.1, 0.15) is 111 Å². The van der Waals surface area contributed by atoms with E-state index >= 15 is 0 Å². The van der Waals surface area contributed by atoms with E-state index < -0.39 is 51.7 Å². The van der Waals surface area contributed by atoms with Crippen LogP contribution in [0.2, 0.25) is 0 Å². The molecule has 2 unspecified atom stereocenters. The minimum absolute atomic E-state index is 0.0481. The summed E-state index contributed by atoms with van der Waals surface area (Å²) in [6, 6.07) is 6.66. The first-order valence-electron chi connectivity index (χ1n) is 22.0. The Morgan fingerprint density at radius 2 is 1.24 bits per heavy atom. The van der Waals surface area contributed by atoms with Gasteiger partial charge in [0, 0.05) is 44.7 Å². The molecule has 2 saturated carbocycles. The molecule has 8 aliphatic heterocycles. The minimum atomic E-state index is -3.78. The van der Waals surface area contributed by atoms with E-state index in [2.05, 4.69) is 27.7 Å². The van der Waals surface area contributed by atoms with Crippen LogP contribution in [0.5, 0.6) is 0 Å². The van der Waals surface area contributed by atoms with Crippen LogP contribution in [0.3, 0.4) is 0 Å². The maximum absolute atomic E-state index is 14.5. The van der Waals surface area contributed by atoms with Gasteiger partial charge in [0.15, 0.2) is 28.7 Å². The fourth-order valence-corrected chi connectivity index (χ4v) is 14.5. The van der Waals surface area contributed by atoms with E-state index in [0.717, 1.165) is 51.4 Å². The summed E-state index contributed by atoms with van der Waals surface area (Å²) < 4.78 is 61.9. The van der Waals surface area contributed by atoms with E-state index in [4.69, 9.17) is 43.2 Å². The fourth-order valence-electron chi connectivity index (χ4n) is 12.9. The topological polar surface area (TPSA) is 144 Å². The van der Waals surface area contributed by atoms with Crippen LogP contribution >= 0.6 is 0 Å². The Morgan fingerprint density at radius 1 is 0.759 bits per heavy atom. The molecule has 0 N–H and O–H groups in total. The molecule has 13 nitrogen and oxygen atoms in total. The van der Waals surface area contributed by atoms with Gasteiger partial charge >= 0.3 is 6.09 Å². The van der Waals surface area contributed by atoms with Gasteiger partial charge < -0.3 is 33.1 Å². The third-order valence-corrected chi connectivity index (χ3v) is 18.1. The number of ether oxygens (including phenoxy) is 5. The number of sulfone groups is 1. The van der Waals surface area contributed by atoms with Crippen molar-refractivity contribution in [1.82, 2.24) is 4.90 Å². The lowest BCUT2D eigenvalue weighted by Crippen LogP contribution is -2.70. The highest BCUT2D eigenvalue weighted by Gasteiger charge is 2.71. The number of rotatable bonds is 9. The Hall–Kier alpha value is -1.72. The second kappa shape index (κ2) is 15.0.